The fraction of sp³-hybridized carbons (Fsp3) is 0.581. The molecule has 0 saturated carbocycles. The number of nitrogens with one attached hydrogen (secondary N) is 1. The highest BCUT2D eigenvalue weighted by Gasteiger charge is 2.28. The number of esters is 1. The summed E-state index contributed by atoms with van der Waals surface area (Å²) in [7, 11) is 0. The largest absolute Gasteiger partial charge is 0.466 e. The van der Waals surface area contributed by atoms with Crippen molar-refractivity contribution in [2.45, 2.75) is 90.4 Å². The van der Waals surface area contributed by atoms with Gasteiger partial charge in [-0.3, -0.25) is 4.79 Å². The van der Waals surface area contributed by atoms with Gasteiger partial charge in [-0.15, -0.1) is 0 Å². The van der Waals surface area contributed by atoms with Crippen LogP contribution in [0.2, 0.25) is 0 Å². The molecular weight excluding hydrogens is 469 g/mol. The highest BCUT2D eigenvalue weighted by molar-refractivity contribution is 5.69. The zero-order chi connectivity index (χ0) is 26.8. The minimum Gasteiger partial charge on any atom is -0.466 e. The third-order valence-corrected chi connectivity index (χ3v) is 7.25. The molecule has 6 heteroatoms. The number of carbonyl (C=O) groups is 1. The molecule has 0 bridgehead atoms. The van der Waals surface area contributed by atoms with Crippen LogP contribution in [0, 0.1) is 11.7 Å². The molecule has 2 atom stereocenters. The molecule has 0 saturated heterocycles. The average Bonchev–Trinajstić information content (AvgIpc) is 3.26. The number of hydrogen-bond acceptors (Lipinski definition) is 5. The zero-order valence-electron chi connectivity index (χ0n) is 22.9. The molecule has 0 fully saturated rings. The summed E-state index contributed by atoms with van der Waals surface area (Å²) in [6.07, 6.45) is 4.45. The van der Waals surface area contributed by atoms with Crippen LogP contribution in [-0.4, -0.2) is 42.5 Å². The van der Waals surface area contributed by atoms with Gasteiger partial charge in [-0.2, -0.15) is 0 Å². The van der Waals surface area contributed by atoms with Crippen molar-refractivity contribution in [3.05, 3.63) is 70.5 Å². The van der Waals surface area contributed by atoms with Gasteiger partial charge in [0.05, 0.1) is 25.4 Å². The monoisotopic (exact) mass is 513 g/mol. The van der Waals surface area contributed by atoms with Crippen molar-refractivity contribution in [2.24, 2.45) is 5.92 Å². The molecule has 3 rings (SSSR count). The van der Waals surface area contributed by atoms with Gasteiger partial charge in [0.2, 0.25) is 0 Å². The molecule has 37 heavy (non-hydrogen) atoms. The fourth-order valence-corrected chi connectivity index (χ4v) is 5.41. The van der Waals surface area contributed by atoms with Crippen molar-refractivity contribution >= 4 is 5.97 Å². The molecule has 1 aliphatic rings. The lowest BCUT2D eigenvalue weighted by Gasteiger charge is -2.31. The standard InChI is InChI=1S/C31H44FNO4/c1-5-36-30(35)16-9-8-13-28-27(14-10-15-29(28)32)22(2)37-21-26(34)20-33-31(3,4)19-23-17-24-11-6-7-12-25(24)18-23/h6-7,10-12,14-15,22-23,26,33-34H,5,8-9,13,16-21H2,1-4H3/t22-,26-/m1/s1. The SMILES string of the molecule is CCOC(=O)CCCCc1c(F)cccc1[C@@H](C)OC[C@H](O)CNC(C)(C)CC1Cc2ccccc2C1. The summed E-state index contributed by atoms with van der Waals surface area (Å²) in [5, 5.41) is 14.1. The second-order valence-electron chi connectivity index (χ2n) is 11.0. The summed E-state index contributed by atoms with van der Waals surface area (Å²) in [6, 6.07) is 13.7. The van der Waals surface area contributed by atoms with E-state index in [4.69, 9.17) is 9.47 Å². The minimum atomic E-state index is -0.663. The maximum Gasteiger partial charge on any atom is 0.305 e. The molecule has 0 aromatic heterocycles. The van der Waals surface area contributed by atoms with Crippen LogP contribution in [0.4, 0.5) is 4.39 Å². The van der Waals surface area contributed by atoms with Crippen molar-refractivity contribution in [3.8, 4) is 0 Å². The Morgan fingerprint density at radius 2 is 1.84 bits per heavy atom. The third kappa shape index (κ3) is 9.20. The number of benzene rings is 2. The van der Waals surface area contributed by atoms with Gasteiger partial charge in [0, 0.05) is 18.5 Å². The Morgan fingerprint density at radius 1 is 1.14 bits per heavy atom. The molecule has 5 nitrogen and oxygen atoms in total. The summed E-state index contributed by atoms with van der Waals surface area (Å²) in [6.45, 7) is 9.02. The molecular formula is C31H44FNO4. The van der Waals surface area contributed by atoms with Gasteiger partial charge in [0.25, 0.3) is 0 Å². The van der Waals surface area contributed by atoms with E-state index >= 15 is 0 Å². The van der Waals surface area contributed by atoms with E-state index in [0.29, 0.717) is 50.3 Å². The van der Waals surface area contributed by atoms with E-state index in [9.17, 15) is 14.3 Å². The molecule has 204 valence electrons. The summed E-state index contributed by atoms with van der Waals surface area (Å²) in [5.74, 6) is 0.131. The second kappa shape index (κ2) is 14.0. The minimum absolute atomic E-state index is 0.0986. The maximum absolute atomic E-state index is 14.6. The van der Waals surface area contributed by atoms with E-state index < -0.39 is 6.10 Å². The number of aliphatic hydroxyl groups is 1. The number of unbranched alkanes of at least 4 members (excludes halogenated alkanes) is 1. The molecule has 2 N–H and O–H groups in total. The van der Waals surface area contributed by atoms with Crippen LogP contribution in [-0.2, 0) is 33.5 Å². The highest BCUT2D eigenvalue weighted by atomic mass is 19.1. The van der Waals surface area contributed by atoms with Gasteiger partial charge >= 0.3 is 5.97 Å². The predicted molar refractivity (Wildman–Crippen MR) is 145 cm³/mol. The van der Waals surface area contributed by atoms with Gasteiger partial charge in [-0.25, -0.2) is 4.39 Å². The zero-order valence-corrected chi connectivity index (χ0v) is 22.9. The number of β-amino-alcohol motifs (C(OH)–C–C–N with tert-alkyl or cyclic N) is 1. The summed E-state index contributed by atoms with van der Waals surface area (Å²) in [4.78, 5) is 11.5. The first kappa shape index (κ1) is 29.3. The van der Waals surface area contributed by atoms with Crippen molar-refractivity contribution in [3.63, 3.8) is 0 Å². The van der Waals surface area contributed by atoms with Crippen molar-refractivity contribution in [2.75, 3.05) is 19.8 Å². The van der Waals surface area contributed by atoms with Crippen molar-refractivity contribution in [1.82, 2.24) is 5.32 Å². The number of hydrogen-bond donors (Lipinski definition) is 2. The Labute approximate surface area is 221 Å². The first-order chi connectivity index (χ1) is 17.7. The van der Waals surface area contributed by atoms with Crippen LogP contribution < -0.4 is 5.32 Å². The van der Waals surface area contributed by atoms with Gasteiger partial charge < -0.3 is 19.9 Å². The first-order valence-electron chi connectivity index (χ1n) is 13.7. The molecule has 0 radical (unpaired) electrons. The molecule has 0 aliphatic heterocycles. The summed E-state index contributed by atoms with van der Waals surface area (Å²) < 4.78 is 25.5. The van der Waals surface area contributed by atoms with E-state index in [1.807, 2.05) is 13.0 Å². The normalized spacial score (nSPS) is 15.4. The van der Waals surface area contributed by atoms with E-state index in [-0.39, 0.29) is 30.0 Å². The molecule has 0 amide bonds. The first-order valence-corrected chi connectivity index (χ1v) is 13.7. The van der Waals surface area contributed by atoms with Crippen molar-refractivity contribution in [1.29, 1.82) is 0 Å². The fourth-order valence-electron chi connectivity index (χ4n) is 5.41. The number of fused-ring (bicyclic) bond motifs is 1. The molecule has 0 heterocycles. The summed E-state index contributed by atoms with van der Waals surface area (Å²) in [5.41, 5.74) is 4.23. The van der Waals surface area contributed by atoms with Gasteiger partial charge in [0.15, 0.2) is 0 Å². The number of rotatable bonds is 15. The van der Waals surface area contributed by atoms with Crippen LogP contribution in [0.5, 0.6) is 0 Å². The lowest BCUT2D eigenvalue weighted by atomic mass is 9.88. The Kier molecular flexibility index (Phi) is 11.1. The molecule has 2 aromatic rings. The Balaban J connectivity index is 1.43. The van der Waals surface area contributed by atoms with Gasteiger partial charge in [-0.05, 0) is 100 Å². The van der Waals surface area contributed by atoms with E-state index in [1.54, 1.807) is 13.0 Å². The second-order valence-corrected chi connectivity index (χ2v) is 11.0. The van der Waals surface area contributed by atoms with Crippen molar-refractivity contribution < 1.29 is 23.8 Å². The topological polar surface area (TPSA) is 67.8 Å². The maximum atomic E-state index is 14.6. The molecule has 1 aliphatic carbocycles. The van der Waals surface area contributed by atoms with Crippen LogP contribution in [0.15, 0.2) is 42.5 Å². The number of carbonyl (C=O) groups excluding carboxylic acids is 1. The highest BCUT2D eigenvalue weighted by Crippen LogP contribution is 2.32. The smallest absolute Gasteiger partial charge is 0.305 e. The molecule has 0 unspecified atom stereocenters. The predicted octanol–water partition coefficient (Wildman–Crippen LogP) is 5.71. The molecule has 2 aromatic carbocycles. The number of halogens is 1. The van der Waals surface area contributed by atoms with Crippen LogP contribution in [0.1, 0.15) is 81.7 Å². The van der Waals surface area contributed by atoms with Crippen LogP contribution in [0.3, 0.4) is 0 Å². The van der Waals surface area contributed by atoms with Gasteiger partial charge in [-0.1, -0.05) is 36.4 Å². The Bertz CT molecular complexity index is 983. The molecule has 0 spiro atoms. The Hall–Kier alpha value is -2.28. The number of ether oxygens (including phenoxy) is 2. The van der Waals surface area contributed by atoms with E-state index in [1.165, 1.54) is 17.2 Å². The Morgan fingerprint density at radius 3 is 2.51 bits per heavy atom. The quantitative estimate of drug-likeness (QED) is 0.236. The van der Waals surface area contributed by atoms with E-state index in [2.05, 4.69) is 43.4 Å². The number of aliphatic hydroxyl groups excluding tert-OH is 1. The summed E-state index contributed by atoms with van der Waals surface area (Å²) >= 11 is 0. The van der Waals surface area contributed by atoms with Gasteiger partial charge in [0.1, 0.15) is 5.82 Å². The third-order valence-electron chi connectivity index (χ3n) is 7.25. The van der Waals surface area contributed by atoms with E-state index in [0.717, 1.165) is 24.8 Å². The van der Waals surface area contributed by atoms with Crippen LogP contribution in [0.25, 0.3) is 0 Å². The van der Waals surface area contributed by atoms with Crippen LogP contribution >= 0.6 is 0 Å². The lowest BCUT2D eigenvalue weighted by Crippen LogP contribution is -2.45. The average molecular weight is 514 g/mol. The lowest BCUT2D eigenvalue weighted by molar-refractivity contribution is -0.143.